The normalized spacial score (nSPS) is 12.5. The number of fused-ring (bicyclic) bond motifs is 4. The molecule has 0 bridgehead atoms. The fraction of sp³-hybridized carbons (Fsp3) is 0.0667. The average Bonchev–Trinajstić information content (AvgIpc) is 3.67. The minimum absolute atomic E-state index is 0.0143. The molecule has 1 aliphatic rings. The number of rotatable bonds is 6. The van der Waals surface area contributed by atoms with Crippen LogP contribution in [0.25, 0.3) is 22.3 Å². The molecule has 0 saturated heterocycles. The molecule has 0 atom stereocenters. The number of nitrogens with zero attached hydrogens (tertiary/aromatic N) is 4. The van der Waals surface area contributed by atoms with Gasteiger partial charge in [0, 0.05) is 29.6 Å². The number of aromatic nitrogens is 4. The molecular formula is C30H18BrF3N4O3S. The lowest BCUT2D eigenvalue weighted by Gasteiger charge is -2.12. The van der Waals surface area contributed by atoms with Crippen LogP contribution in [0, 0.1) is 17.5 Å². The summed E-state index contributed by atoms with van der Waals surface area (Å²) in [4.78, 5) is 4.57. The van der Waals surface area contributed by atoms with Crippen molar-refractivity contribution in [3.63, 3.8) is 0 Å². The molecule has 0 saturated carbocycles. The molecule has 0 spiro atoms. The molecule has 0 N–H and O–H groups in total. The van der Waals surface area contributed by atoms with Gasteiger partial charge in [-0.15, -0.1) is 0 Å². The second-order valence-corrected chi connectivity index (χ2v) is 12.4. The second-order valence-electron chi connectivity index (χ2n) is 9.68. The number of hydrogen-bond acceptors (Lipinski definition) is 5. The van der Waals surface area contributed by atoms with Gasteiger partial charge in [0.25, 0.3) is 10.0 Å². The van der Waals surface area contributed by atoms with Gasteiger partial charge in [-0.05, 0) is 63.5 Å². The molecule has 0 radical (unpaired) electrons. The zero-order valence-electron chi connectivity index (χ0n) is 21.4. The van der Waals surface area contributed by atoms with Crippen molar-refractivity contribution in [2.75, 3.05) is 0 Å². The van der Waals surface area contributed by atoms with Gasteiger partial charge in [-0.1, -0.05) is 36.4 Å². The van der Waals surface area contributed by atoms with Gasteiger partial charge < -0.3 is 4.74 Å². The Hall–Kier alpha value is -4.42. The Labute approximate surface area is 246 Å². The van der Waals surface area contributed by atoms with Crippen molar-refractivity contribution in [1.82, 2.24) is 18.7 Å². The molecule has 1 aliphatic heterocycles. The molecule has 6 aromatic rings. The van der Waals surface area contributed by atoms with Crippen LogP contribution in [0.1, 0.15) is 17.0 Å². The Morgan fingerprint density at radius 3 is 2.55 bits per heavy atom. The molecule has 4 aromatic carbocycles. The molecule has 7 rings (SSSR count). The third kappa shape index (κ3) is 4.29. The SMILES string of the molecule is O=S(=O)(c1ccccc1)n1ccc2c(F)c(Oc3ccc4c(c3)-c3nc(Cc5cccc(Br)c5F)nn3C4)c(F)cc21. The lowest BCUT2D eigenvalue weighted by atomic mass is 10.1. The van der Waals surface area contributed by atoms with Gasteiger partial charge in [-0.2, -0.15) is 5.10 Å². The molecule has 7 nitrogen and oxygen atoms in total. The highest BCUT2D eigenvalue weighted by molar-refractivity contribution is 9.10. The molecule has 12 heteroatoms. The van der Waals surface area contributed by atoms with Crippen LogP contribution in [0.15, 0.2) is 94.4 Å². The van der Waals surface area contributed by atoms with E-state index in [0.29, 0.717) is 33.8 Å². The van der Waals surface area contributed by atoms with Crippen LogP contribution >= 0.6 is 15.9 Å². The minimum atomic E-state index is -4.08. The first-order valence-corrected chi connectivity index (χ1v) is 14.9. The van der Waals surface area contributed by atoms with E-state index < -0.39 is 27.4 Å². The van der Waals surface area contributed by atoms with Crippen LogP contribution in [0.5, 0.6) is 11.5 Å². The van der Waals surface area contributed by atoms with E-state index in [-0.39, 0.29) is 33.8 Å². The van der Waals surface area contributed by atoms with Crippen LogP contribution in [-0.2, 0) is 23.0 Å². The van der Waals surface area contributed by atoms with Gasteiger partial charge in [0.05, 0.1) is 21.4 Å². The molecule has 210 valence electrons. The maximum atomic E-state index is 15.6. The lowest BCUT2D eigenvalue weighted by Crippen LogP contribution is -2.11. The number of hydrogen-bond donors (Lipinski definition) is 0. The van der Waals surface area contributed by atoms with Crippen LogP contribution in [0.4, 0.5) is 13.2 Å². The van der Waals surface area contributed by atoms with E-state index in [1.54, 1.807) is 59.3 Å². The molecular weight excluding hydrogens is 633 g/mol. The quantitative estimate of drug-likeness (QED) is 0.193. The van der Waals surface area contributed by atoms with Crippen molar-refractivity contribution in [2.45, 2.75) is 17.9 Å². The minimum Gasteiger partial charge on any atom is -0.451 e. The number of halogens is 4. The third-order valence-electron chi connectivity index (χ3n) is 7.06. The van der Waals surface area contributed by atoms with E-state index in [2.05, 4.69) is 26.0 Å². The van der Waals surface area contributed by atoms with Crippen LogP contribution in [-0.4, -0.2) is 27.2 Å². The van der Waals surface area contributed by atoms with E-state index in [1.165, 1.54) is 24.4 Å². The summed E-state index contributed by atoms with van der Waals surface area (Å²) >= 11 is 3.19. The predicted octanol–water partition coefficient (Wildman–Crippen LogP) is 7.06. The summed E-state index contributed by atoms with van der Waals surface area (Å²) in [5.74, 6) is -2.03. The monoisotopic (exact) mass is 650 g/mol. The van der Waals surface area contributed by atoms with Gasteiger partial charge in [-0.25, -0.2) is 35.2 Å². The summed E-state index contributed by atoms with van der Waals surface area (Å²) in [6, 6.07) is 19.8. The average molecular weight is 651 g/mol. The number of benzene rings is 4. The highest BCUT2D eigenvalue weighted by atomic mass is 79.9. The Balaban J connectivity index is 1.20. The van der Waals surface area contributed by atoms with Gasteiger partial charge in [0.15, 0.2) is 29.0 Å². The highest BCUT2D eigenvalue weighted by Gasteiger charge is 2.26. The topological polar surface area (TPSA) is 79.0 Å². The predicted molar refractivity (Wildman–Crippen MR) is 152 cm³/mol. The fourth-order valence-corrected chi connectivity index (χ4v) is 6.82. The first-order chi connectivity index (χ1) is 20.2. The maximum absolute atomic E-state index is 15.6. The van der Waals surface area contributed by atoms with Gasteiger partial charge in [0.1, 0.15) is 11.6 Å². The van der Waals surface area contributed by atoms with Crippen LogP contribution in [0.3, 0.4) is 0 Å². The molecule has 0 fully saturated rings. The van der Waals surface area contributed by atoms with Crippen molar-refractivity contribution in [2.24, 2.45) is 0 Å². The van der Waals surface area contributed by atoms with Crippen molar-refractivity contribution < 1.29 is 26.3 Å². The van der Waals surface area contributed by atoms with Gasteiger partial charge >= 0.3 is 0 Å². The fourth-order valence-electron chi connectivity index (χ4n) is 5.05. The molecule has 42 heavy (non-hydrogen) atoms. The number of ether oxygens (including phenoxy) is 1. The molecule has 0 amide bonds. The zero-order chi connectivity index (χ0) is 29.2. The van der Waals surface area contributed by atoms with E-state index in [4.69, 9.17) is 4.74 Å². The van der Waals surface area contributed by atoms with E-state index >= 15 is 8.78 Å². The first kappa shape index (κ1) is 26.5. The van der Waals surface area contributed by atoms with Gasteiger partial charge in [0.2, 0.25) is 0 Å². The summed E-state index contributed by atoms with van der Waals surface area (Å²) in [5.41, 5.74) is 1.84. The van der Waals surface area contributed by atoms with E-state index in [9.17, 15) is 12.8 Å². The Morgan fingerprint density at radius 1 is 0.929 bits per heavy atom. The summed E-state index contributed by atoms with van der Waals surface area (Å²) in [7, 11) is -4.08. The summed E-state index contributed by atoms with van der Waals surface area (Å²) in [6.07, 6.45) is 1.37. The van der Waals surface area contributed by atoms with E-state index in [0.717, 1.165) is 15.6 Å². The van der Waals surface area contributed by atoms with Crippen molar-refractivity contribution >= 4 is 36.9 Å². The lowest BCUT2D eigenvalue weighted by molar-refractivity contribution is 0.411. The second kappa shape index (κ2) is 9.85. The Kier molecular flexibility index (Phi) is 6.21. The summed E-state index contributed by atoms with van der Waals surface area (Å²) < 4.78 is 80.1. The molecule has 0 aliphatic carbocycles. The van der Waals surface area contributed by atoms with Gasteiger partial charge in [-0.3, -0.25) is 0 Å². The Bertz CT molecular complexity index is 2150. The Morgan fingerprint density at radius 2 is 1.74 bits per heavy atom. The molecule has 0 unspecified atom stereocenters. The van der Waals surface area contributed by atoms with E-state index in [1.807, 2.05) is 0 Å². The molecule has 3 heterocycles. The smallest absolute Gasteiger partial charge is 0.268 e. The van der Waals surface area contributed by atoms with Crippen molar-refractivity contribution in [3.05, 3.63) is 124 Å². The summed E-state index contributed by atoms with van der Waals surface area (Å²) in [6.45, 7) is 0.428. The third-order valence-corrected chi connectivity index (χ3v) is 9.38. The maximum Gasteiger partial charge on any atom is 0.268 e. The highest BCUT2D eigenvalue weighted by Crippen LogP contribution is 2.38. The summed E-state index contributed by atoms with van der Waals surface area (Å²) in [5, 5.41) is 4.39. The van der Waals surface area contributed by atoms with Crippen molar-refractivity contribution in [1.29, 1.82) is 0 Å². The standard InChI is InChI=1S/C30H18BrF3N4O3S/c31-23-8-4-5-17(27(23)33)13-26-35-30-22-14-19(10-9-18(22)16-37(30)36-26)41-29-24(32)15-25-21(28(29)34)11-12-38(25)42(39,40)20-6-2-1-3-7-20/h1-12,14-15H,13,16H2. The molecule has 2 aromatic heterocycles. The van der Waals surface area contributed by atoms with Crippen LogP contribution in [0.2, 0.25) is 0 Å². The first-order valence-electron chi connectivity index (χ1n) is 12.7. The van der Waals surface area contributed by atoms with Crippen molar-refractivity contribution in [3.8, 4) is 22.9 Å². The van der Waals surface area contributed by atoms with Crippen LogP contribution < -0.4 is 4.74 Å². The largest absolute Gasteiger partial charge is 0.451 e. The zero-order valence-corrected chi connectivity index (χ0v) is 23.8.